The Labute approximate surface area is 97.2 Å². The highest BCUT2D eigenvalue weighted by Gasteiger charge is 1.98. The Bertz CT molecular complexity index is 302. The molecule has 16 heavy (non-hydrogen) atoms. The number of hydrogen-bond acceptors (Lipinski definition) is 4. The van der Waals surface area contributed by atoms with E-state index >= 15 is 0 Å². The molecule has 1 rings (SSSR count). The van der Waals surface area contributed by atoms with Gasteiger partial charge in [0.05, 0.1) is 5.69 Å². The smallest absolute Gasteiger partial charge is 0.149 e. The number of pyridine rings is 1. The van der Waals surface area contributed by atoms with Gasteiger partial charge < -0.3 is 15.8 Å². The van der Waals surface area contributed by atoms with Crippen LogP contribution in [0.4, 0.5) is 11.5 Å². The van der Waals surface area contributed by atoms with Gasteiger partial charge in [0.25, 0.3) is 0 Å². The Morgan fingerprint density at radius 2 is 2.31 bits per heavy atom. The number of aromatic nitrogens is 1. The van der Waals surface area contributed by atoms with Crippen molar-refractivity contribution in [3.63, 3.8) is 0 Å². The summed E-state index contributed by atoms with van der Waals surface area (Å²) in [5.41, 5.74) is 6.43. The van der Waals surface area contributed by atoms with Gasteiger partial charge in [0.1, 0.15) is 5.82 Å². The van der Waals surface area contributed by atoms with Gasteiger partial charge >= 0.3 is 0 Å². The molecule has 0 saturated heterocycles. The summed E-state index contributed by atoms with van der Waals surface area (Å²) in [5, 5.41) is 3.18. The summed E-state index contributed by atoms with van der Waals surface area (Å²) >= 11 is 0. The van der Waals surface area contributed by atoms with Crippen molar-refractivity contribution in [2.45, 2.75) is 20.3 Å². The van der Waals surface area contributed by atoms with Crippen LogP contribution in [0, 0.1) is 5.92 Å². The third-order valence-corrected chi connectivity index (χ3v) is 2.05. The number of nitrogens with one attached hydrogen (secondary N) is 1. The topological polar surface area (TPSA) is 60.2 Å². The van der Waals surface area contributed by atoms with Gasteiger partial charge in [-0.2, -0.15) is 0 Å². The summed E-state index contributed by atoms with van der Waals surface area (Å²) in [5.74, 6) is 1.35. The quantitative estimate of drug-likeness (QED) is 0.695. The molecule has 4 heteroatoms. The largest absolute Gasteiger partial charge is 0.396 e. The van der Waals surface area contributed by atoms with Crippen molar-refractivity contribution in [3.8, 4) is 0 Å². The van der Waals surface area contributed by atoms with Gasteiger partial charge in [0.2, 0.25) is 0 Å². The average molecular weight is 223 g/mol. The summed E-state index contributed by atoms with van der Waals surface area (Å²) in [6.45, 7) is 6.72. The molecule has 0 atom stereocenters. The maximum absolute atomic E-state index is 5.74. The first-order valence-corrected chi connectivity index (χ1v) is 5.72. The lowest BCUT2D eigenvalue weighted by Crippen LogP contribution is -2.10. The molecule has 0 saturated carbocycles. The molecule has 1 aromatic heterocycles. The van der Waals surface area contributed by atoms with Gasteiger partial charge in [0, 0.05) is 26.0 Å². The zero-order valence-corrected chi connectivity index (χ0v) is 10.1. The maximum atomic E-state index is 5.74. The van der Waals surface area contributed by atoms with Crippen LogP contribution < -0.4 is 11.1 Å². The van der Waals surface area contributed by atoms with Crippen molar-refractivity contribution in [3.05, 3.63) is 18.3 Å². The van der Waals surface area contributed by atoms with Crippen LogP contribution >= 0.6 is 0 Å². The number of nitrogen functional groups attached to an aromatic ring is 1. The van der Waals surface area contributed by atoms with Gasteiger partial charge in [0.15, 0.2) is 0 Å². The van der Waals surface area contributed by atoms with E-state index < -0.39 is 0 Å². The van der Waals surface area contributed by atoms with Crippen molar-refractivity contribution >= 4 is 11.5 Å². The van der Waals surface area contributed by atoms with Gasteiger partial charge in [-0.3, -0.25) is 0 Å². The number of anilines is 2. The maximum Gasteiger partial charge on any atom is 0.149 e. The second-order valence-corrected chi connectivity index (χ2v) is 4.19. The number of rotatable bonds is 7. The van der Waals surface area contributed by atoms with E-state index in [0.717, 1.165) is 32.0 Å². The molecule has 90 valence electrons. The van der Waals surface area contributed by atoms with Crippen LogP contribution in [0.3, 0.4) is 0 Å². The number of nitrogens with two attached hydrogens (primary N) is 1. The summed E-state index contributed by atoms with van der Waals surface area (Å²) in [6, 6.07) is 3.66. The molecule has 0 aliphatic rings. The molecule has 4 nitrogen and oxygen atoms in total. The molecular weight excluding hydrogens is 202 g/mol. The predicted octanol–water partition coefficient (Wildman–Crippen LogP) is 2.14. The molecule has 0 bridgehead atoms. The van der Waals surface area contributed by atoms with Gasteiger partial charge in [-0.15, -0.1) is 0 Å². The molecule has 0 fully saturated rings. The second kappa shape index (κ2) is 7.06. The fourth-order valence-corrected chi connectivity index (χ4v) is 1.27. The highest BCUT2D eigenvalue weighted by atomic mass is 16.5. The Hall–Kier alpha value is -1.29. The molecule has 1 aromatic rings. The van der Waals surface area contributed by atoms with Crippen molar-refractivity contribution in [2.24, 2.45) is 5.92 Å². The van der Waals surface area contributed by atoms with Crippen molar-refractivity contribution < 1.29 is 4.74 Å². The molecule has 0 spiro atoms. The van der Waals surface area contributed by atoms with Crippen molar-refractivity contribution in [1.82, 2.24) is 4.98 Å². The Kier molecular flexibility index (Phi) is 5.64. The highest BCUT2D eigenvalue weighted by molar-refractivity contribution is 5.60. The molecule has 0 amide bonds. The monoisotopic (exact) mass is 223 g/mol. The van der Waals surface area contributed by atoms with Crippen LogP contribution in [0.5, 0.6) is 0 Å². The lowest BCUT2D eigenvalue weighted by atomic mass is 10.2. The fraction of sp³-hybridized carbons (Fsp3) is 0.583. The molecule has 0 aliphatic carbocycles. The van der Waals surface area contributed by atoms with Crippen LogP contribution in [-0.2, 0) is 4.74 Å². The summed E-state index contributed by atoms with van der Waals surface area (Å²) < 4.78 is 5.47. The Balaban J connectivity index is 2.10. The van der Waals surface area contributed by atoms with Gasteiger partial charge in [-0.25, -0.2) is 4.98 Å². The zero-order chi connectivity index (χ0) is 11.8. The van der Waals surface area contributed by atoms with E-state index in [9.17, 15) is 0 Å². The number of hydrogen-bond donors (Lipinski definition) is 2. The molecule has 1 heterocycles. The molecule has 0 unspecified atom stereocenters. The third kappa shape index (κ3) is 4.98. The standard InChI is InChI=1S/C12H21N3O/c1-10(2)9-16-8-4-7-15-12-11(13)5-3-6-14-12/h3,5-6,10H,4,7-9,13H2,1-2H3,(H,14,15). The number of nitrogens with zero attached hydrogens (tertiary/aromatic N) is 1. The van der Waals surface area contributed by atoms with E-state index in [0.29, 0.717) is 11.6 Å². The first kappa shape index (κ1) is 12.8. The normalized spacial score (nSPS) is 10.7. The second-order valence-electron chi connectivity index (χ2n) is 4.19. The Morgan fingerprint density at radius 1 is 1.50 bits per heavy atom. The lowest BCUT2D eigenvalue weighted by molar-refractivity contribution is 0.110. The van der Waals surface area contributed by atoms with E-state index in [-0.39, 0.29) is 0 Å². The van der Waals surface area contributed by atoms with Crippen LogP contribution in [0.2, 0.25) is 0 Å². The summed E-state index contributed by atoms with van der Waals surface area (Å²) in [4.78, 5) is 4.15. The van der Waals surface area contributed by atoms with E-state index in [1.165, 1.54) is 0 Å². The van der Waals surface area contributed by atoms with Crippen LogP contribution in [-0.4, -0.2) is 24.7 Å². The van der Waals surface area contributed by atoms with Gasteiger partial charge in [-0.1, -0.05) is 13.8 Å². The molecular formula is C12H21N3O. The minimum atomic E-state index is 0.597. The lowest BCUT2D eigenvalue weighted by Gasteiger charge is -2.09. The minimum absolute atomic E-state index is 0.597. The summed E-state index contributed by atoms with van der Waals surface area (Å²) in [7, 11) is 0. The first-order chi connectivity index (χ1) is 7.70. The minimum Gasteiger partial charge on any atom is -0.396 e. The Morgan fingerprint density at radius 3 is 3.00 bits per heavy atom. The van der Waals surface area contributed by atoms with E-state index in [2.05, 4.69) is 24.1 Å². The number of ether oxygens (including phenoxy) is 1. The SMILES string of the molecule is CC(C)COCCCNc1ncccc1N. The summed E-state index contributed by atoms with van der Waals surface area (Å²) in [6.07, 6.45) is 2.69. The fourth-order valence-electron chi connectivity index (χ4n) is 1.27. The van der Waals surface area contributed by atoms with Gasteiger partial charge in [-0.05, 0) is 24.5 Å². The van der Waals surface area contributed by atoms with Crippen LogP contribution in [0.1, 0.15) is 20.3 Å². The first-order valence-electron chi connectivity index (χ1n) is 5.72. The average Bonchev–Trinajstić information content (AvgIpc) is 2.25. The molecule has 0 radical (unpaired) electrons. The van der Waals surface area contributed by atoms with E-state index in [1.807, 2.05) is 12.1 Å². The van der Waals surface area contributed by atoms with Crippen LogP contribution in [0.15, 0.2) is 18.3 Å². The highest BCUT2D eigenvalue weighted by Crippen LogP contribution is 2.12. The third-order valence-electron chi connectivity index (χ3n) is 2.05. The van der Waals surface area contributed by atoms with Crippen molar-refractivity contribution in [2.75, 3.05) is 30.8 Å². The molecule has 0 aliphatic heterocycles. The van der Waals surface area contributed by atoms with Crippen LogP contribution in [0.25, 0.3) is 0 Å². The molecule has 3 N–H and O–H groups in total. The van der Waals surface area contributed by atoms with Crippen molar-refractivity contribution in [1.29, 1.82) is 0 Å². The van der Waals surface area contributed by atoms with E-state index in [1.54, 1.807) is 6.20 Å². The van der Waals surface area contributed by atoms with E-state index in [4.69, 9.17) is 10.5 Å². The zero-order valence-electron chi connectivity index (χ0n) is 10.1. The molecule has 0 aromatic carbocycles. The predicted molar refractivity (Wildman–Crippen MR) is 67.4 cm³/mol.